The normalized spacial score (nSPS) is 20.2. The smallest absolute Gasteiger partial charge is 0.236 e. The van der Waals surface area contributed by atoms with Crippen molar-refractivity contribution in [1.29, 1.82) is 0 Å². The quantitative estimate of drug-likeness (QED) is 0.802. The molecule has 7 heteroatoms. The third-order valence-electron chi connectivity index (χ3n) is 4.98. The molecule has 2 fully saturated rings. The third-order valence-corrected chi connectivity index (χ3v) is 4.98. The number of nitrogens with zero attached hydrogens (tertiary/aromatic N) is 5. The molecule has 0 saturated carbocycles. The molecule has 0 atom stereocenters. The van der Waals surface area contributed by atoms with E-state index < -0.39 is 0 Å². The lowest BCUT2D eigenvalue weighted by molar-refractivity contribution is -0.136. The van der Waals surface area contributed by atoms with Gasteiger partial charge in [0.2, 0.25) is 5.91 Å². The number of anilines is 1. The second-order valence-electron chi connectivity index (χ2n) is 6.63. The van der Waals surface area contributed by atoms with E-state index >= 15 is 0 Å². The van der Waals surface area contributed by atoms with Gasteiger partial charge in [-0.3, -0.25) is 9.69 Å². The molecule has 0 N–H and O–H groups in total. The van der Waals surface area contributed by atoms with Crippen molar-refractivity contribution in [1.82, 2.24) is 19.8 Å². The van der Waals surface area contributed by atoms with Gasteiger partial charge >= 0.3 is 0 Å². The Labute approximate surface area is 143 Å². The van der Waals surface area contributed by atoms with Crippen LogP contribution < -0.4 is 4.90 Å². The van der Waals surface area contributed by atoms with Crippen molar-refractivity contribution in [2.24, 2.45) is 0 Å². The van der Waals surface area contributed by atoms with Crippen LogP contribution >= 0.6 is 0 Å². The van der Waals surface area contributed by atoms with Crippen molar-refractivity contribution in [2.45, 2.75) is 25.8 Å². The van der Waals surface area contributed by atoms with Crippen molar-refractivity contribution in [3.8, 4) is 0 Å². The molecule has 7 nitrogen and oxygen atoms in total. The van der Waals surface area contributed by atoms with Crippen molar-refractivity contribution in [2.75, 3.05) is 57.9 Å². The Morgan fingerprint density at radius 1 is 1.25 bits per heavy atom. The van der Waals surface area contributed by atoms with E-state index in [9.17, 15) is 4.79 Å². The summed E-state index contributed by atoms with van der Waals surface area (Å²) in [4.78, 5) is 27.3. The first-order chi connectivity index (χ1) is 11.6. The number of likely N-dealkylation sites (tertiary alicyclic amines) is 1. The summed E-state index contributed by atoms with van der Waals surface area (Å²) in [6.45, 7) is 7.20. The molecule has 1 aromatic rings. The summed E-state index contributed by atoms with van der Waals surface area (Å²) in [5, 5.41) is 0. The summed E-state index contributed by atoms with van der Waals surface area (Å²) in [7, 11) is 2.10. The molecular weight excluding hydrogens is 306 g/mol. The van der Waals surface area contributed by atoms with Crippen LogP contribution in [0.2, 0.25) is 0 Å². The number of aromatic nitrogens is 2. The molecule has 0 unspecified atom stereocenters. The Hall–Kier alpha value is -1.73. The average Bonchev–Trinajstić information content (AvgIpc) is 2.62. The molecule has 24 heavy (non-hydrogen) atoms. The minimum absolute atomic E-state index is 0.233. The van der Waals surface area contributed by atoms with Crippen LogP contribution in [0, 0.1) is 6.92 Å². The fourth-order valence-corrected chi connectivity index (χ4v) is 3.39. The largest absolute Gasteiger partial charge is 0.378 e. The zero-order valence-electron chi connectivity index (χ0n) is 14.6. The highest BCUT2D eigenvalue weighted by molar-refractivity contribution is 5.78. The lowest BCUT2D eigenvalue weighted by atomic mass is 10.0. The van der Waals surface area contributed by atoms with E-state index in [1.54, 1.807) is 6.33 Å². The lowest BCUT2D eigenvalue weighted by Gasteiger charge is -2.38. The van der Waals surface area contributed by atoms with E-state index in [4.69, 9.17) is 4.74 Å². The van der Waals surface area contributed by atoms with Crippen LogP contribution in [0.25, 0.3) is 0 Å². The van der Waals surface area contributed by atoms with Gasteiger partial charge in [-0.05, 0) is 19.8 Å². The number of hydrogen-bond acceptors (Lipinski definition) is 6. The molecule has 3 rings (SSSR count). The van der Waals surface area contributed by atoms with E-state index in [2.05, 4.69) is 26.8 Å². The van der Waals surface area contributed by atoms with Gasteiger partial charge in [-0.2, -0.15) is 0 Å². The van der Waals surface area contributed by atoms with Crippen molar-refractivity contribution >= 4 is 11.7 Å². The number of amides is 1. The lowest BCUT2D eigenvalue weighted by Crippen LogP contribution is -2.49. The zero-order chi connectivity index (χ0) is 16.9. The SMILES string of the molecule is Cc1cc(N(C)C2CCN(CC(=O)N3CCOCC3)CC2)ncn1. The van der Waals surface area contributed by atoms with Gasteiger partial charge in [0.25, 0.3) is 0 Å². The van der Waals surface area contributed by atoms with Crippen LogP contribution in [0.4, 0.5) is 5.82 Å². The van der Waals surface area contributed by atoms with Gasteiger partial charge in [0.15, 0.2) is 0 Å². The fourth-order valence-electron chi connectivity index (χ4n) is 3.39. The predicted octanol–water partition coefficient (Wildman–Crippen LogP) is 0.544. The molecule has 3 heterocycles. The molecule has 2 aliphatic heterocycles. The van der Waals surface area contributed by atoms with Crippen molar-refractivity contribution in [3.63, 3.8) is 0 Å². The number of aryl methyl sites for hydroxylation is 1. The van der Waals surface area contributed by atoms with Crippen molar-refractivity contribution < 1.29 is 9.53 Å². The molecule has 0 radical (unpaired) electrons. The number of carbonyl (C=O) groups excluding carboxylic acids is 1. The highest BCUT2D eigenvalue weighted by atomic mass is 16.5. The summed E-state index contributed by atoms with van der Waals surface area (Å²) < 4.78 is 5.31. The van der Waals surface area contributed by atoms with Crippen LogP contribution in [0.15, 0.2) is 12.4 Å². The summed E-state index contributed by atoms with van der Waals surface area (Å²) in [5.74, 6) is 1.21. The van der Waals surface area contributed by atoms with Gasteiger partial charge < -0.3 is 14.5 Å². The van der Waals surface area contributed by atoms with Gasteiger partial charge in [0.1, 0.15) is 12.1 Å². The monoisotopic (exact) mass is 333 g/mol. The number of ether oxygens (including phenoxy) is 1. The van der Waals surface area contributed by atoms with E-state index in [1.165, 1.54) is 0 Å². The van der Waals surface area contributed by atoms with Crippen LogP contribution in [0.3, 0.4) is 0 Å². The molecular formula is C17H27N5O2. The molecule has 132 valence electrons. The Morgan fingerprint density at radius 2 is 1.96 bits per heavy atom. The standard InChI is InChI=1S/C17H27N5O2/c1-14-11-16(19-13-18-14)20(2)15-3-5-21(6-4-15)12-17(23)22-7-9-24-10-8-22/h11,13,15H,3-10,12H2,1-2H3. The average molecular weight is 333 g/mol. The maximum absolute atomic E-state index is 12.3. The third kappa shape index (κ3) is 4.21. The van der Waals surface area contributed by atoms with Crippen LogP contribution in [-0.4, -0.2) is 84.7 Å². The molecule has 1 aromatic heterocycles. The van der Waals surface area contributed by atoms with Gasteiger partial charge in [-0.15, -0.1) is 0 Å². The van der Waals surface area contributed by atoms with Gasteiger partial charge in [0, 0.05) is 51.0 Å². The Kier molecular flexibility index (Phi) is 5.63. The number of morpholine rings is 1. The number of rotatable bonds is 4. The molecule has 0 aliphatic carbocycles. The second kappa shape index (κ2) is 7.90. The maximum Gasteiger partial charge on any atom is 0.236 e. The van der Waals surface area contributed by atoms with Crippen molar-refractivity contribution in [3.05, 3.63) is 18.1 Å². The molecule has 2 aliphatic rings. The highest BCUT2D eigenvalue weighted by Gasteiger charge is 2.26. The first kappa shape index (κ1) is 17.1. The first-order valence-electron chi connectivity index (χ1n) is 8.73. The van der Waals surface area contributed by atoms with Crippen LogP contribution in [0.1, 0.15) is 18.5 Å². The fraction of sp³-hybridized carbons (Fsp3) is 0.706. The second-order valence-corrected chi connectivity index (χ2v) is 6.63. The van der Waals surface area contributed by atoms with E-state index in [1.807, 2.05) is 17.9 Å². The minimum atomic E-state index is 0.233. The van der Waals surface area contributed by atoms with Gasteiger partial charge in [-0.25, -0.2) is 9.97 Å². The summed E-state index contributed by atoms with van der Waals surface area (Å²) in [6, 6.07) is 2.49. The van der Waals surface area contributed by atoms with E-state index in [0.29, 0.717) is 25.8 Å². The Morgan fingerprint density at radius 3 is 2.62 bits per heavy atom. The predicted molar refractivity (Wildman–Crippen MR) is 92.0 cm³/mol. The number of carbonyl (C=O) groups is 1. The van der Waals surface area contributed by atoms with E-state index in [-0.39, 0.29) is 5.91 Å². The van der Waals surface area contributed by atoms with E-state index in [0.717, 1.165) is 50.5 Å². The number of hydrogen-bond donors (Lipinski definition) is 0. The van der Waals surface area contributed by atoms with Gasteiger partial charge in [0.05, 0.1) is 19.8 Å². The maximum atomic E-state index is 12.3. The van der Waals surface area contributed by atoms with Crippen LogP contribution in [-0.2, 0) is 9.53 Å². The molecule has 0 aromatic carbocycles. The van der Waals surface area contributed by atoms with Crippen LogP contribution in [0.5, 0.6) is 0 Å². The minimum Gasteiger partial charge on any atom is -0.378 e. The summed E-state index contributed by atoms with van der Waals surface area (Å²) >= 11 is 0. The highest BCUT2D eigenvalue weighted by Crippen LogP contribution is 2.20. The Bertz CT molecular complexity index is 554. The van der Waals surface area contributed by atoms with Gasteiger partial charge in [-0.1, -0.05) is 0 Å². The summed E-state index contributed by atoms with van der Waals surface area (Å²) in [6.07, 6.45) is 3.73. The first-order valence-corrected chi connectivity index (χ1v) is 8.73. The molecule has 2 saturated heterocycles. The summed E-state index contributed by atoms with van der Waals surface area (Å²) in [5.41, 5.74) is 0.986. The molecule has 0 spiro atoms. The topological polar surface area (TPSA) is 61.8 Å². The molecule has 1 amide bonds. The Balaban J connectivity index is 1.47. The molecule has 0 bridgehead atoms. The zero-order valence-corrected chi connectivity index (χ0v) is 14.6. The number of piperidine rings is 1.